The lowest BCUT2D eigenvalue weighted by Crippen LogP contribution is -2.23. The Balaban J connectivity index is 2.48. The predicted octanol–water partition coefficient (Wildman–Crippen LogP) is 1.68. The minimum absolute atomic E-state index is 0.0934. The number of nitrogens with one attached hydrogen (secondary N) is 1. The molecule has 0 saturated carbocycles. The Morgan fingerprint density at radius 1 is 1.05 bits per heavy atom. The Bertz CT molecular complexity index is 613. The number of hydrogen-bond donors (Lipinski definition) is 1. The summed E-state index contributed by atoms with van der Waals surface area (Å²) in [6.07, 6.45) is 0. The lowest BCUT2D eigenvalue weighted by molar-refractivity contribution is -0.146. The fraction of sp³-hybridized carbons (Fsp3) is 0.267. The van der Waals surface area contributed by atoms with E-state index in [1.165, 1.54) is 0 Å². The van der Waals surface area contributed by atoms with E-state index in [0.717, 1.165) is 0 Å². The van der Waals surface area contributed by atoms with Crippen molar-refractivity contribution in [3.63, 3.8) is 0 Å². The summed E-state index contributed by atoms with van der Waals surface area (Å²) in [5.74, 6) is -2.18. The van der Waals surface area contributed by atoms with Gasteiger partial charge < -0.3 is 14.8 Å². The van der Waals surface area contributed by atoms with E-state index in [-0.39, 0.29) is 18.9 Å². The molecule has 0 unspecified atom stereocenters. The molecule has 0 spiro atoms. The molecule has 0 saturated heterocycles. The standard InChI is InChI=1S/C15H15NO5/c1-3-20-14(18)11(15(19)21-4-2)12-13(17)9-7-5-6-8-10(9)16-12/h5-8,16H,3-4H2,1-2H3. The van der Waals surface area contributed by atoms with Crippen molar-refractivity contribution in [3.8, 4) is 0 Å². The van der Waals surface area contributed by atoms with Gasteiger partial charge in [0.1, 0.15) is 5.70 Å². The monoisotopic (exact) mass is 289 g/mol. The van der Waals surface area contributed by atoms with Crippen molar-refractivity contribution in [1.29, 1.82) is 0 Å². The molecule has 2 rings (SSSR count). The van der Waals surface area contributed by atoms with Gasteiger partial charge in [0, 0.05) is 11.3 Å². The molecule has 0 fully saturated rings. The lowest BCUT2D eigenvalue weighted by atomic mass is 10.1. The van der Waals surface area contributed by atoms with Crippen molar-refractivity contribution in [2.24, 2.45) is 0 Å². The highest BCUT2D eigenvalue weighted by Crippen LogP contribution is 2.29. The number of allylic oxidation sites excluding steroid dienone is 1. The van der Waals surface area contributed by atoms with Crippen molar-refractivity contribution < 1.29 is 23.9 Å². The summed E-state index contributed by atoms with van der Waals surface area (Å²) < 4.78 is 9.68. The smallest absolute Gasteiger partial charge is 0.347 e. The van der Waals surface area contributed by atoms with Gasteiger partial charge in [-0.3, -0.25) is 4.79 Å². The van der Waals surface area contributed by atoms with E-state index >= 15 is 0 Å². The maximum atomic E-state index is 12.3. The maximum absolute atomic E-state index is 12.3. The zero-order valence-electron chi connectivity index (χ0n) is 11.8. The third kappa shape index (κ3) is 2.79. The molecule has 0 aliphatic carbocycles. The summed E-state index contributed by atoms with van der Waals surface area (Å²) in [6, 6.07) is 6.76. The van der Waals surface area contributed by atoms with Crippen LogP contribution in [0.4, 0.5) is 5.69 Å². The summed E-state index contributed by atoms with van der Waals surface area (Å²) in [4.78, 5) is 36.3. The van der Waals surface area contributed by atoms with E-state index in [0.29, 0.717) is 11.3 Å². The highest BCUT2D eigenvalue weighted by molar-refractivity contribution is 6.27. The van der Waals surface area contributed by atoms with Crippen LogP contribution in [0.2, 0.25) is 0 Å². The zero-order chi connectivity index (χ0) is 15.4. The molecule has 6 nitrogen and oxygen atoms in total. The van der Waals surface area contributed by atoms with E-state index in [2.05, 4.69) is 5.32 Å². The first kappa shape index (κ1) is 14.8. The van der Waals surface area contributed by atoms with Crippen LogP contribution in [0.3, 0.4) is 0 Å². The summed E-state index contributed by atoms with van der Waals surface area (Å²) >= 11 is 0. The fourth-order valence-corrected chi connectivity index (χ4v) is 1.99. The molecule has 21 heavy (non-hydrogen) atoms. The highest BCUT2D eigenvalue weighted by Gasteiger charge is 2.34. The summed E-state index contributed by atoms with van der Waals surface area (Å²) in [6.45, 7) is 3.42. The van der Waals surface area contributed by atoms with Crippen molar-refractivity contribution in [3.05, 3.63) is 41.1 Å². The number of benzene rings is 1. The van der Waals surface area contributed by atoms with Crippen LogP contribution >= 0.6 is 0 Å². The van der Waals surface area contributed by atoms with Gasteiger partial charge in [0.05, 0.1) is 13.2 Å². The molecule has 110 valence electrons. The number of Topliss-reactive ketones (excluding diaryl/α,β-unsaturated/α-hetero) is 1. The van der Waals surface area contributed by atoms with Crippen molar-refractivity contribution >= 4 is 23.4 Å². The number of anilines is 1. The second-order valence-corrected chi connectivity index (χ2v) is 4.19. The van der Waals surface area contributed by atoms with Gasteiger partial charge in [-0.25, -0.2) is 9.59 Å². The van der Waals surface area contributed by atoms with Gasteiger partial charge >= 0.3 is 11.9 Å². The number of carbonyl (C=O) groups excluding carboxylic acids is 3. The summed E-state index contributed by atoms with van der Waals surface area (Å²) in [7, 11) is 0. The van der Waals surface area contributed by atoms with Crippen LogP contribution in [-0.2, 0) is 19.1 Å². The SMILES string of the molecule is CCOC(=O)C(C(=O)OCC)=C1Nc2ccccc2C1=O. The first-order valence-corrected chi connectivity index (χ1v) is 6.59. The highest BCUT2D eigenvalue weighted by atomic mass is 16.6. The van der Waals surface area contributed by atoms with Crippen LogP contribution in [0, 0.1) is 0 Å². The number of carbonyl (C=O) groups is 3. The molecule has 1 N–H and O–H groups in total. The molecule has 0 atom stereocenters. The molecular weight excluding hydrogens is 274 g/mol. The molecule has 0 aromatic heterocycles. The molecule has 1 aromatic rings. The molecular formula is C15H15NO5. The van der Waals surface area contributed by atoms with E-state index in [1.807, 2.05) is 0 Å². The summed E-state index contributed by atoms with van der Waals surface area (Å²) in [5, 5.41) is 2.79. The third-order valence-electron chi connectivity index (χ3n) is 2.87. The lowest BCUT2D eigenvalue weighted by Gasteiger charge is -2.09. The third-order valence-corrected chi connectivity index (χ3v) is 2.87. The second-order valence-electron chi connectivity index (χ2n) is 4.19. The minimum atomic E-state index is -0.875. The Labute approximate surface area is 121 Å². The second kappa shape index (κ2) is 6.21. The molecule has 6 heteroatoms. The van der Waals surface area contributed by atoms with Gasteiger partial charge in [-0.15, -0.1) is 0 Å². The normalized spacial score (nSPS) is 12.5. The average molecular weight is 289 g/mol. The van der Waals surface area contributed by atoms with E-state index < -0.39 is 23.3 Å². The van der Waals surface area contributed by atoms with Crippen molar-refractivity contribution in [2.45, 2.75) is 13.8 Å². The molecule has 0 radical (unpaired) electrons. The molecule has 1 aliphatic rings. The first-order valence-electron chi connectivity index (χ1n) is 6.59. The van der Waals surface area contributed by atoms with Crippen molar-refractivity contribution in [1.82, 2.24) is 0 Å². The van der Waals surface area contributed by atoms with Gasteiger partial charge in [-0.05, 0) is 26.0 Å². The largest absolute Gasteiger partial charge is 0.462 e. The van der Waals surface area contributed by atoms with E-state index in [4.69, 9.17) is 9.47 Å². The topological polar surface area (TPSA) is 81.7 Å². The van der Waals surface area contributed by atoms with Gasteiger partial charge in [0.15, 0.2) is 5.57 Å². The number of para-hydroxylation sites is 1. The van der Waals surface area contributed by atoms with Crippen LogP contribution < -0.4 is 5.32 Å². The minimum Gasteiger partial charge on any atom is -0.462 e. The molecule has 1 heterocycles. The van der Waals surface area contributed by atoms with Gasteiger partial charge in [-0.1, -0.05) is 12.1 Å². The molecule has 1 aromatic carbocycles. The number of fused-ring (bicyclic) bond motifs is 1. The number of hydrogen-bond acceptors (Lipinski definition) is 6. The zero-order valence-corrected chi connectivity index (χ0v) is 11.8. The Morgan fingerprint density at radius 2 is 1.62 bits per heavy atom. The quantitative estimate of drug-likeness (QED) is 0.393. The Kier molecular flexibility index (Phi) is 4.37. The van der Waals surface area contributed by atoms with E-state index in [9.17, 15) is 14.4 Å². The summed E-state index contributed by atoms with van der Waals surface area (Å²) in [5.41, 5.74) is 0.440. The predicted molar refractivity (Wildman–Crippen MR) is 74.7 cm³/mol. The molecule has 1 aliphatic heterocycles. The molecule has 0 bridgehead atoms. The van der Waals surface area contributed by atoms with Gasteiger partial charge in [0.2, 0.25) is 5.78 Å². The maximum Gasteiger partial charge on any atom is 0.347 e. The number of rotatable bonds is 4. The average Bonchev–Trinajstić information content (AvgIpc) is 2.78. The van der Waals surface area contributed by atoms with Gasteiger partial charge in [-0.2, -0.15) is 0 Å². The van der Waals surface area contributed by atoms with Crippen molar-refractivity contribution in [2.75, 3.05) is 18.5 Å². The van der Waals surface area contributed by atoms with Crippen LogP contribution in [0.5, 0.6) is 0 Å². The van der Waals surface area contributed by atoms with Crippen LogP contribution in [0.15, 0.2) is 35.5 Å². The van der Waals surface area contributed by atoms with Crippen LogP contribution in [0.1, 0.15) is 24.2 Å². The van der Waals surface area contributed by atoms with Crippen LogP contribution in [0.25, 0.3) is 0 Å². The van der Waals surface area contributed by atoms with E-state index in [1.54, 1.807) is 38.1 Å². The van der Waals surface area contributed by atoms with Crippen LogP contribution in [-0.4, -0.2) is 30.9 Å². The molecule has 0 amide bonds. The number of ketones is 1. The Morgan fingerprint density at radius 3 is 2.14 bits per heavy atom. The fourth-order valence-electron chi connectivity index (χ4n) is 1.99. The number of esters is 2. The Hall–Kier alpha value is -2.63. The number of ether oxygens (including phenoxy) is 2. The first-order chi connectivity index (χ1) is 10.1. The van der Waals surface area contributed by atoms with Gasteiger partial charge in [0.25, 0.3) is 0 Å².